The van der Waals surface area contributed by atoms with Gasteiger partial charge in [-0.3, -0.25) is 0 Å². The highest BCUT2D eigenvalue weighted by Crippen LogP contribution is 2.48. The van der Waals surface area contributed by atoms with E-state index in [1.54, 1.807) is 0 Å². The largest absolute Gasteiger partial charge is 0.373 e. The van der Waals surface area contributed by atoms with Gasteiger partial charge in [-0.15, -0.1) is 0 Å². The number of hydrogen-bond donors (Lipinski definition) is 0. The summed E-state index contributed by atoms with van der Waals surface area (Å²) in [5, 5.41) is 0.630. The normalized spacial score (nSPS) is 32.9. The molecule has 2 aliphatic rings. The predicted molar refractivity (Wildman–Crippen MR) is 54.7 cm³/mol. The van der Waals surface area contributed by atoms with Gasteiger partial charge in [-0.1, -0.05) is 27.7 Å². The summed E-state index contributed by atoms with van der Waals surface area (Å²) in [5.41, 5.74) is 0. The Labute approximate surface area is 81.2 Å². The minimum absolute atomic E-state index is 0.315. The first-order valence-electron chi connectivity index (χ1n) is 5.15. The van der Waals surface area contributed by atoms with Gasteiger partial charge in [0, 0.05) is 0 Å². The van der Waals surface area contributed by atoms with Crippen LogP contribution in [0.1, 0.15) is 27.7 Å². The van der Waals surface area contributed by atoms with Gasteiger partial charge in [-0.2, -0.15) is 0 Å². The number of hydrogen-bond acceptors (Lipinski definition) is 2. The summed E-state index contributed by atoms with van der Waals surface area (Å²) >= 11 is 0. The highest BCUT2D eigenvalue weighted by molar-refractivity contribution is 6.44. The van der Waals surface area contributed by atoms with Gasteiger partial charge in [-0.05, 0) is 10.6 Å². The summed E-state index contributed by atoms with van der Waals surface area (Å²) in [7, 11) is 1.19. The standard InChI is InChI=1S/C10H19BO2/c1-9(2,7-5-12-7)11-10(3,4)8-6-13-8/h7-8,11H,5-6H2,1-4H3. The van der Waals surface area contributed by atoms with Gasteiger partial charge in [0.15, 0.2) is 0 Å². The SMILES string of the molecule is CC(C)(BC(C)(C)C1CO1)C1CO1. The average Bonchev–Trinajstić information content (AvgIpc) is 2.81. The van der Waals surface area contributed by atoms with E-state index in [1.807, 2.05) is 0 Å². The lowest BCUT2D eigenvalue weighted by Gasteiger charge is -2.31. The molecule has 3 heteroatoms. The summed E-state index contributed by atoms with van der Waals surface area (Å²) in [5.74, 6) is 0. The maximum atomic E-state index is 5.38. The molecule has 0 amide bonds. The van der Waals surface area contributed by atoms with E-state index in [0.717, 1.165) is 13.2 Å². The lowest BCUT2D eigenvalue weighted by molar-refractivity contribution is 0.340. The van der Waals surface area contributed by atoms with Gasteiger partial charge in [0.2, 0.25) is 0 Å². The molecule has 2 fully saturated rings. The molecule has 0 aromatic carbocycles. The zero-order valence-corrected chi connectivity index (χ0v) is 9.09. The Balaban J connectivity index is 1.94. The minimum Gasteiger partial charge on any atom is -0.373 e. The van der Waals surface area contributed by atoms with Crippen molar-refractivity contribution >= 4 is 7.28 Å². The molecule has 0 saturated carbocycles. The fourth-order valence-electron chi connectivity index (χ4n) is 2.40. The molecule has 0 radical (unpaired) electrons. The Hall–Kier alpha value is -0.0151. The monoisotopic (exact) mass is 182 g/mol. The molecular weight excluding hydrogens is 163 g/mol. The van der Waals surface area contributed by atoms with Crippen molar-refractivity contribution in [3.8, 4) is 0 Å². The number of rotatable bonds is 4. The van der Waals surface area contributed by atoms with Crippen molar-refractivity contribution in [2.24, 2.45) is 0 Å². The van der Waals surface area contributed by atoms with Gasteiger partial charge in [-0.25, -0.2) is 0 Å². The van der Waals surface area contributed by atoms with Crippen LogP contribution in [0.15, 0.2) is 0 Å². The van der Waals surface area contributed by atoms with Gasteiger partial charge in [0.05, 0.1) is 25.4 Å². The van der Waals surface area contributed by atoms with Crippen LogP contribution in [0.25, 0.3) is 0 Å². The fourth-order valence-corrected chi connectivity index (χ4v) is 2.40. The minimum atomic E-state index is 0.315. The predicted octanol–water partition coefficient (Wildman–Crippen LogP) is 1.62. The van der Waals surface area contributed by atoms with E-state index in [2.05, 4.69) is 27.7 Å². The summed E-state index contributed by atoms with van der Waals surface area (Å²) in [4.78, 5) is 0. The molecule has 74 valence electrons. The van der Waals surface area contributed by atoms with E-state index < -0.39 is 0 Å². The molecule has 2 saturated heterocycles. The van der Waals surface area contributed by atoms with Crippen LogP contribution in [0, 0.1) is 0 Å². The second-order valence-electron chi connectivity index (χ2n) is 5.80. The molecule has 0 aromatic rings. The fraction of sp³-hybridized carbons (Fsp3) is 1.00. The van der Waals surface area contributed by atoms with Gasteiger partial charge in [0.25, 0.3) is 0 Å². The van der Waals surface area contributed by atoms with Crippen LogP contribution in [0.5, 0.6) is 0 Å². The van der Waals surface area contributed by atoms with Crippen molar-refractivity contribution in [1.82, 2.24) is 0 Å². The third-order valence-corrected chi connectivity index (χ3v) is 3.32. The Morgan fingerprint density at radius 2 is 1.23 bits per heavy atom. The molecule has 13 heavy (non-hydrogen) atoms. The molecule has 2 heterocycles. The summed E-state index contributed by atoms with van der Waals surface area (Å²) < 4.78 is 10.8. The maximum Gasteiger partial charge on any atom is 0.140 e. The molecule has 2 aliphatic heterocycles. The second kappa shape index (κ2) is 2.74. The van der Waals surface area contributed by atoms with Crippen molar-refractivity contribution in [1.29, 1.82) is 0 Å². The van der Waals surface area contributed by atoms with Gasteiger partial charge >= 0.3 is 0 Å². The molecule has 0 bridgehead atoms. The van der Waals surface area contributed by atoms with Crippen molar-refractivity contribution in [2.75, 3.05) is 13.2 Å². The van der Waals surface area contributed by atoms with Crippen LogP contribution < -0.4 is 0 Å². The van der Waals surface area contributed by atoms with Crippen LogP contribution in [0.2, 0.25) is 10.6 Å². The molecule has 2 nitrogen and oxygen atoms in total. The molecular formula is C10H19BO2. The Morgan fingerprint density at radius 3 is 1.46 bits per heavy atom. The molecule has 0 N–H and O–H groups in total. The molecule has 0 aromatic heterocycles. The van der Waals surface area contributed by atoms with Crippen LogP contribution >= 0.6 is 0 Å². The quantitative estimate of drug-likeness (QED) is 0.487. The first-order valence-corrected chi connectivity index (χ1v) is 5.15. The first-order chi connectivity index (χ1) is 5.92. The zero-order chi connectivity index (χ0) is 9.69. The summed E-state index contributed by atoms with van der Waals surface area (Å²) in [6, 6.07) is 0. The van der Waals surface area contributed by atoms with Crippen LogP contribution in [0.3, 0.4) is 0 Å². The Morgan fingerprint density at radius 1 is 0.923 bits per heavy atom. The average molecular weight is 182 g/mol. The van der Waals surface area contributed by atoms with E-state index in [-0.39, 0.29) is 0 Å². The number of epoxide rings is 2. The van der Waals surface area contributed by atoms with E-state index in [0.29, 0.717) is 22.8 Å². The Bertz CT molecular complexity index is 183. The maximum absolute atomic E-state index is 5.38. The molecule has 2 atom stereocenters. The van der Waals surface area contributed by atoms with Crippen LogP contribution in [-0.2, 0) is 9.47 Å². The smallest absolute Gasteiger partial charge is 0.140 e. The highest BCUT2D eigenvalue weighted by atomic mass is 16.6. The molecule has 0 aliphatic carbocycles. The Kier molecular flexibility index (Phi) is 2.01. The summed E-state index contributed by atoms with van der Waals surface area (Å²) in [6.45, 7) is 11.1. The third-order valence-electron chi connectivity index (χ3n) is 3.32. The van der Waals surface area contributed by atoms with Crippen molar-refractivity contribution in [2.45, 2.75) is 50.5 Å². The summed E-state index contributed by atoms with van der Waals surface area (Å²) in [6.07, 6.45) is 0.982. The van der Waals surface area contributed by atoms with Crippen molar-refractivity contribution < 1.29 is 9.47 Å². The number of ether oxygens (including phenoxy) is 2. The first kappa shape index (κ1) is 9.54. The van der Waals surface area contributed by atoms with Crippen molar-refractivity contribution in [3.05, 3.63) is 0 Å². The lowest BCUT2D eigenvalue weighted by Crippen LogP contribution is -2.31. The van der Waals surface area contributed by atoms with Gasteiger partial charge in [0.1, 0.15) is 7.28 Å². The highest BCUT2D eigenvalue weighted by Gasteiger charge is 2.48. The molecule has 0 spiro atoms. The van der Waals surface area contributed by atoms with E-state index in [9.17, 15) is 0 Å². The van der Waals surface area contributed by atoms with Gasteiger partial charge < -0.3 is 9.47 Å². The van der Waals surface area contributed by atoms with E-state index in [4.69, 9.17) is 9.47 Å². The topological polar surface area (TPSA) is 25.1 Å². The molecule has 2 unspecified atom stereocenters. The van der Waals surface area contributed by atoms with E-state index >= 15 is 0 Å². The third kappa shape index (κ3) is 2.08. The van der Waals surface area contributed by atoms with E-state index in [1.165, 1.54) is 7.28 Å². The second-order valence-corrected chi connectivity index (χ2v) is 5.80. The van der Waals surface area contributed by atoms with Crippen molar-refractivity contribution in [3.63, 3.8) is 0 Å². The zero-order valence-electron chi connectivity index (χ0n) is 9.09. The van der Waals surface area contributed by atoms with Crippen LogP contribution in [0.4, 0.5) is 0 Å². The molecule has 2 rings (SSSR count). The van der Waals surface area contributed by atoms with Crippen LogP contribution in [-0.4, -0.2) is 32.7 Å². The lowest BCUT2D eigenvalue weighted by atomic mass is 9.39.